The summed E-state index contributed by atoms with van der Waals surface area (Å²) in [5.74, 6) is -2.03. The molecule has 162 valence electrons. The topological polar surface area (TPSA) is 58.2 Å². The maximum absolute atomic E-state index is 13.7. The van der Waals surface area contributed by atoms with Gasteiger partial charge in [0.2, 0.25) is 11.8 Å². The molecule has 0 aliphatic rings. The molecule has 0 bridgehead atoms. The van der Waals surface area contributed by atoms with E-state index in [1.54, 1.807) is 24.3 Å². The number of carbonyl (C=O) groups is 2. The van der Waals surface area contributed by atoms with E-state index in [0.29, 0.717) is 11.4 Å². The molecule has 3 aromatic rings. The number of benzene rings is 3. The lowest BCUT2D eigenvalue weighted by atomic mass is 10.2. The van der Waals surface area contributed by atoms with Gasteiger partial charge in [0.05, 0.1) is 10.0 Å². The zero-order valence-electron chi connectivity index (χ0n) is 16.4. The molecule has 0 saturated heterocycles. The predicted octanol–water partition coefficient (Wildman–Crippen LogP) is 6.58. The minimum Gasteiger partial charge on any atom is -0.323 e. The maximum atomic E-state index is 13.7. The minimum absolute atomic E-state index is 0.118. The Labute approximate surface area is 193 Å². The van der Waals surface area contributed by atoms with Crippen molar-refractivity contribution in [1.82, 2.24) is 0 Å². The largest absolute Gasteiger partial charge is 0.323 e. The van der Waals surface area contributed by atoms with E-state index in [2.05, 4.69) is 10.6 Å². The minimum atomic E-state index is -0.534. The van der Waals surface area contributed by atoms with Crippen molar-refractivity contribution < 1.29 is 18.4 Å². The fourth-order valence-electron chi connectivity index (χ4n) is 2.66. The number of hydrogen-bond acceptors (Lipinski definition) is 2. The van der Waals surface area contributed by atoms with E-state index in [1.807, 2.05) is 0 Å². The van der Waals surface area contributed by atoms with Crippen molar-refractivity contribution in [2.75, 3.05) is 10.6 Å². The average molecular weight is 473 g/mol. The van der Waals surface area contributed by atoms with Gasteiger partial charge in [-0.3, -0.25) is 9.59 Å². The van der Waals surface area contributed by atoms with Crippen LogP contribution in [0, 0.1) is 11.6 Å². The van der Waals surface area contributed by atoms with Crippen LogP contribution >= 0.6 is 23.2 Å². The number of halogens is 4. The molecule has 2 N–H and O–H groups in total. The second-order valence-corrected chi connectivity index (χ2v) is 7.31. The molecule has 0 aliphatic heterocycles. The first kappa shape index (κ1) is 23.2. The standard InChI is InChI=1S/C24H16Cl2F2N2O2/c25-19-3-1-5-21(27)17(19)11-13-23(31)29-15-7-9-16(10-8-15)30-24(32)14-12-18-20(26)4-2-6-22(18)28/h1-14H,(H,29,31)(H,30,32)/b13-11+,14-12+. The number of hydrogen-bond donors (Lipinski definition) is 2. The quantitative estimate of drug-likeness (QED) is 0.398. The molecule has 0 heterocycles. The fourth-order valence-corrected chi connectivity index (χ4v) is 3.11. The van der Waals surface area contributed by atoms with Crippen molar-refractivity contribution in [2.24, 2.45) is 0 Å². The summed E-state index contributed by atoms with van der Waals surface area (Å²) in [6.45, 7) is 0. The third-order valence-corrected chi connectivity index (χ3v) is 4.88. The van der Waals surface area contributed by atoms with Gasteiger partial charge in [0, 0.05) is 34.7 Å². The summed E-state index contributed by atoms with van der Waals surface area (Å²) in [4.78, 5) is 24.1. The van der Waals surface area contributed by atoms with Crippen molar-refractivity contribution in [3.8, 4) is 0 Å². The second kappa shape index (κ2) is 10.7. The molecule has 0 spiro atoms. The van der Waals surface area contributed by atoms with Crippen molar-refractivity contribution in [3.63, 3.8) is 0 Å². The van der Waals surface area contributed by atoms with Gasteiger partial charge in [-0.25, -0.2) is 8.78 Å². The molecular weight excluding hydrogens is 457 g/mol. The maximum Gasteiger partial charge on any atom is 0.248 e. The molecule has 32 heavy (non-hydrogen) atoms. The molecule has 0 atom stereocenters. The van der Waals surface area contributed by atoms with Crippen LogP contribution in [0.2, 0.25) is 10.0 Å². The van der Waals surface area contributed by atoms with Crippen LogP contribution in [0.5, 0.6) is 0 Å². The summed E-state index contributed by atoms with van der Waals surface area (Å²) in [5.41, 5.74) is 1.16. The number of amides is 2. The number of nitrogens with one attached hydrogen (secondary N) is 2. The van der Waals surface area contributed by atoms with Crippen LogP contribution in [0.15, 0.2) is 72.8 Å². The van der Waals surface area contributed by atoms with Crippen molar-refractivity contribution in [1.29, 1.82) is 0 Å². The van der Waals surface area contributed by atoms with E-state index >= 15 is 0 Å². The predicted molar refractivity (Wildman–Crippen MR) is 125 cm³/mol. The van der Waals surface area contributed by atoms with Crippen LogP contribution in [0.1, 0.15) is 11.1 Å². The molecule has 0 unspecified atom stereocenters. The summed E-state index contributed by atoms with van der Waals surface area (Å²) in [6, 6.07) is 14.8. The van der Waals surface area contributed by atoms with Crippen molar-refractivity contribution in [3.05, 3.63) is 106 Å². The Hall–Kier alpha value is -3.48. The van der Waals surface area contributed by atoms with Gasteiger partial charge in [-0.2, -0.15) is 0 Å². The van der Waals surface area contributed by atoms with Gasteiger partial charge in [-0.15, -0.1) is 0 Å². The molecule has 0 saturated carbocycles. The van der Waals surface area contributed by atoms with Crippen LogP contribution < -0.4 is 10.6 Å². The number of anilines is 2. The third-order valence-electron chi connectivity index (χ3n) is 4.22. The van der Waals surface area contributed by atoms with E-state index in [9.17, 15) is 18.4 Å². The zero-order chi connectivity index (χ0) is 23.1. The summed E-state index contributed by atoms with van der Waals surface area (Å²) in [7, 11) is 0. The second-order valence-electron chi connectivity index (χ2n) is 6.49. The van der Waals surface area contributed by atoms with Crippen LogP contribution in [0.25, 0.3) is 12.2 Å². The lowest BCUT2D eigenvalue weighted by molar-refractivity contribution is -0.112. The molecular formula is C24H16Cl2F2N2O2. The highest BCUT2D eigenvalue weighted by Crippen LogP contribution is 2.21. The fraction of sp³-hybridized carbons (Fsp3) is 0. The molecule has 0 aromatic heterocycles. The Morgan fingerprint density at radius 1 is 0.656 bits per heavy atom. The summed E-state index contributed by atoms with van der Waals surface area (Å²) < 4.78 is 27.5. The van der Waals surface area contributed by atoms with Gasteiger partial charge < -0.3 is 10.6 Å². The van der Waals surface area contributed by atoms with Crippen molar-refractivity contribution in [2.45, 2.75) is 0 Å². The Kier molecular flexibility index (Phi) is 7.76. The number of rotatable bonds is 6. The number of carbonyl (C=O) groups excluding carboxylic acids is 2. The Balaban J connectivity index is 1.58. The lowest BCUT2D eigenvalue weighted by Crippen LogP contribution is -2.09. The smallest absolute Gasteiger partial charge is 0.248 e. The highest BCUT2D eigenvalue weighted by molar-refractivity contribution is 6.32. The molecule has 0 radical (unpaired) electrons. The summed E-state index contributed by atoms with van der Waals surface area (Å²) in [6.07, 6.45) is 4.91. The first-order valence-corrected chi connectivity index (χ1v) is 10.1. The van der Waals surface area contributed by atoms with Crippen LogP contribution in [-0.4, -0.2) is 11.8 Å². The van der Waals surface area contributed by atoms with E-state index in [0.717, 1.165) is 0 Å². The van der Waals surface area contributed by atoms with Crippen LogP contribution in [0.3, 0.4) is 0 Å². The van der Waals surface area contributed by atoms with Gasteiger partial charge in [-0.05, 0) is 60.7 Å². The first-order valence-electron chi connectivity index (χ1n) is 9.29. The Morgan fingerprint density at radius 2 is 1.03 bits per heavy atom. The van der Waals surface area contributed by atoms with Gasteiger partial charge in [0.15, 0.2) is 0 Å². The monoisotopic (exact) mass is 472 g/mol. The summed E-state index contributed by atoms with van der Waals surface area (Å²) in [5, 5.41) is 5.62. The molecule has 0 fully saturated rings. The molecule has 4 nitrogen and oxygen atoms in total. The van der Waals surface area contributed by atoms with Gasteiger partial charge in [0.25, 0.3) is 0 Å². The zero-order valence-corrected chi connectivity index (χ0v) is 17.9. The van der Waals surface area contributed by atoms with E-state index in [4.69, 9.17) is 23.2 Å². The summed E-state index contributed by atoms with van der Waals surface area (Å²) >= 11 is 11.8. The molecule has 3 rings (SSSR count). The van der Waals surface area contributed by atoms with Gasteiger partial charge in [0.1, 0.15) is 11.6 Å². The van der Waals surface area contributed by atoms with E-state index < -0.39 is 23.4 Å². The van der Waals surface area contributed by atoms with Gasteiger partial charge in [-0.1, -0.05) is 35.3 Å². The third kappa shape index (κ3) is 6.26. The van der Waals surface area contributed by atoms with Gasteiger partial charge >= 0.3 is 0 Å². The Bertz CT molecular complexity index is 1070. The average Bonchev–Trinajstić information content (AvgIpc) is 2.74. The molecule has 2 amide bonds. The van der Waals surface area contributed by atoms with Crippen LogP contribution in [0.4, 0.5) is 20.2 Å². The SMILES string of the molecule is O=C(/C=C/c1c(F)cccc1Cl)Nc1ccc(NC(=O)/C=C/c2c(F)cccc2Cl)cc1. The molecule has 0 aliphatic carbocycles. The molecule has 8 heteroatoms. The highest BCUT2D eigenvalue weighted by atomic mass is 35.5. The van der Waals surface area contributed by atoms with E-state index in [1.165, 1.54) is 60.7 Å². The Morgan fingerprint density at radius 3 is 1.38 bits per heavy atom. The highest BCUT2D eigenvalue weighted by Gasteiger charge is 2.06. The van der Waals surface area contributed by atoms with Crippen LogP contribution in [-0.2, 0) is 9.59 Å². The normalized spacial score (nSPS) is 11.1. The first-order chi connectivity index (χ1) is 15.3. The lowest BCUT2D eigenvalue weighted by Gasteiger charge is -2.06. The molecule has 3 aromatic carbocycles. The van der Waals surface area contributed by atoms with E-state index in [-0.39, 0.29) is 21.2 Å². The van der Waals surface area contributed by atoms with Crippen molar-refractivity contribution >= 4 is 58.5 Å².